The number of benzene rings is 1. The van der Waals surface area contributed by atoms with Crippen molar-refractivity contribution in [2.45, 2.75) is 51.0 Å². The van der Waals surface area contributed by atoms with Gasteiger partial charge in [0.15, 0.2) is 0 Å². The molecule has 0 saturated heterocycles. The van der Waals surface area contributed by atoms with Crippen molar-refractivity contribution in [2.75, 3.05) is 20.3 Å². The van der Waals surface area contributed by atoms with Gasteiger partial charge in [-0.1, -0.05) is 12.1 Å². The minimum absolute atomic E-state index is 0.0828. The van der Waals surface area contributed by atoms with Crippen LogP contribution in [0.1, 0.15) is 44.6 Å². The monoisotopic (exact) mass is 357 g/mol. The molecule has 4 heteroatoms. The van der Waals surface area contributed by atoms with Crippen molar-refractivity contribution in [3.05, 3.63) is 29.8 Å². The lowest BCUT2D eigenvalue weighted by atomic mass is 9.49. The average molecular weight is 357 g/mol. The van der Waals surface area contributed by atoms with E-state index in [1.165, 1.54) is 32.1 Å². The first-order valence-electron chi connectivity index (χ1n) is 10.2. The molecule has 0 spiro atoms. The van der Waals surface area contributed by atoms with E-state index in [4.69, 9.17) is 9.47 Å². The number of carbonyl (C=O) groups excluding carboxylic acids is 1. The quantitative estimate of drug-likeness (QED) is 0.811. The molecule has 1 amide bonds. The van der Waals surface area contributed by atoms with E-state index < -0.39 is 0 Å². The summed E-state index contributed by atoms with van der Waals surface area (Å²) in [7, 11) is 1.85. The van der Waals surface area contributed by atoms with Gasteiger partial charge < -0.3 is 14.8 Å². The molecule has 1 aromatic carbocycles. The highest BCUT2D eigenvalue weighted by Crippen LogP contribution is 2.59. The average Bonchev–Trinajstić information content (AvgIpc) is 2.63. The van der Waals surface area contributed by atoms with E-state index in [0.29, 0.717) is 31.4 Å². The second-order valence-electron chi connectivity index (χ2n) is 8.49. The fourth-order valence-corrected chi connectivity index (χ4v) is 6.03. The van der Waals surface area contributed by atoms with Crippen LogP contribution in [0.25, 0.3) is 0 Å². The van der Waals surface area contributed by atoms with Gasteiger partial charge in [0.1, 0.15) is 5.75 Å². The summed E-state index contributed by atoms with van der Waals surface area (Å²) in [6.07, 6.45) is 6.99. The van der Waals surface area contributed by atoms with Gasteiger partial charge in [-0.25, -0.2) is 0 Å². The maximum atomic E-state index is 12.5. The molecule has 26 heavy (non-hydrogen) atoms. The lowest BCUT2D eigenvalue weighted by Crippen LogP contribution is -2.63. The molecule has 4 aliphatic carbocycles. The highest BCUT2D eigenvalue weighted by atomic mass is 16.5. The van der Waals surface area contributed by atoms with E-state index in [-0.39, 0.29) is 11.5 Å². The Morgan fingerprint density at radius 1 is 1.08 bits per heavy atom. The van der Waals surface area contributed by atoms with Gasteiger partial charge in [-0.3, -0.25) is 4.79 Å². The van der Waals surface area contributed by atoms with Gasteiger partial charge in [0.2, 0.25) is 5.91 Å². The van der Waals surface area contributed by atoms with E-state index in [1.807, 2.05) is 38.3 Å². The molecule has 0 atom stereocenters. The first kappa shape index (κ1) is 17.8. The molecular weight excluding hydrogens is 326 g/mol. The third kappa shape index (κ3) is 3.24. The largest absolute Gasteiger partial charge is 0.494 e. The van der Waals surface area contributed by atoms with Gasteiger partial charge in [0.05, 0.1) is 18.6 Å². The molecule has 0 unspecified atom stereocenters. The highest BCUT2D eigenvalue weighted by molar-refractivity contribution is 5.78. The van der Waals surface area contributed by atoms with Crippen molar-refractivity contribution in [2.24, 2.45) is 23.7 Å². The second-order valence-corrected chi connectivity index (χ2v) is 8.49. The summed E-state index contributed by atoms with van der Waals surface area (Å²) in [5.41, 5.74) is 0.879. The number of rotatable bonds is 7. The zero-order chi connectivity index (χ0) is 18.1. The Morgan fingerprint density at radius 2 is 1.69 bits per heavy atom. The lowest BCUT2D eigenvalue weighted by Gasteiger charge is -2.60. The first-order valence-corrected chi connectivity index (χ1v) is 10.2. The fourth-order valence-electron chi connectivity index (χ4n) is 6.03. The molecule has 1 aromatic rings. The zero-order valence-electron chi connectivity index (χ0n) is 16.0. The van der Waals surface area contributed by atoms with Crippen LogP contribution in [0, 0.1) is 23.7 Å². The zero-order valence-corrected chi connectivity index (χ0v) is 16.0. The second kappa shape index (κ2) is 7.22. The smallest absolute Gasteiger partial charge is 0.224 e. The van der Waals surface area contributed by atoms with Crippen LogP contribution in [0.2, 0.25) is 0 Å². The Bertz CT molecular complexity index is 611. The summed E-state index contributed by atoms with van der Waals surface area (Å²) < 4.78 is 11.6. The number of methoxy groups -OCH3 is 1. The van der Waals surface area contributed by atoms with Gasteiger partial charge in [-0.15, -0.1) is 0 Å². The van der Waals surface area contributed by atoms with Crippen LogP contribution in [0.3, 0.4) is 0 Å². The fraction of sp³-hybridized carbons (Fsp3) is 0.682. The van der Waals surface area contributed by atoms with Crippen LogP contribution in [0.4, 0.5) is 0 Å². The highest BCUT2D eigenvalue weighted by Gasteiger charge is 2.57. The summed E-state index contributed by atoms with van der Waals surface area (Å²) in [5.74, 6) is 3.98. The van der Waals surface area contributed by atoms with Crippen LogP contribution < -0.4 is 10.1 Å². The maximum absolute atomic E-state index is 12.5. The van der Waals surface area contributed by atoms with Gasteiger partial charge in [0.25, 0.3) is 0 Å². The van der Waals surface area contributed by atoms with Gasteiger partial charge in [-0.05, 0) is 80.4 Å². The molecule has 4 nitrogen and oxygen atoms in total. The van der Waals surface area contributed by atoms with Gasteiger partial charge in [-0.2, -0.15) is 0 Å². The Kier molecular flexibility index (Phi) is 4.96. The normalized spacial score (nSPS) is 34.7. The third-order valence-electron chi connectivity index (χ3n) is 7.06. The van der Waals surface area contributed by atoms with Crippen molar-refractivity contribution in [3.8, 4) is 5.75 Å². The molecule has 0 aliphatic heterocycles. The minimum atomic E-state index is -0.137. The SMILES string of the molecule is CCOc1ccc(CC(=O)NCC2(OC)C3CC4CC(C3)CC2C4)cc1. The van der Waals surface area contributed by atoms with E-state index >= 15 is 0 Å². The summed E-state index contributed by atoms with van der Waals surface area (Å²) in [4.78, 5) is 12.5. The molecule has 5 rings (SSSR count). The van der Waals surface area contributed by atoms with Crippen LogP contribution in [-0.2, 0) is 16.0 Å². The molecule has 4 fully saturated rings. The minimum Gasteiger partial charge on any atom is -0.494 e. The third-order valence-corrected chi connectivity index (χ3v) is 7.06. The topological polar surface area (TPSA) is 47.6 Å². The Balaban J connectivity index is 1.36. The van der Waals surface area contributed by atoms with Crippen LogP contribution >= 0.6 is 0 Å². The predicted octanol–water partition coefficient (Wildman–Crippen LogP) is 3.59. The maximum Gasteiger partial charge on any atom is 0.224 e. The number of hydrogen-bond donors (Lipinski definition) is 1. The van der Waals surface area contributed by atoms with E-state index in [0.717, 1.165) is 23.1 Å². The van der Waals surface area contributed by atoms with Crippen molar-refractivity contribution in [1.82, 2.24) is 5.32 Å². The summed E-state index contributed by atoms with van der Waals surface area (Å²) in [6, 6.07) is 7.81. The molecular formula is C22H31NO3. The Labute approximate surface area is 156 Å². The lowest BCUT2D eigenvalue weighted by molar-refractivity contribution is -0.188. The summed E-state index contributed by atoms with van der Waals surface area (Å²) in [5, 5.41) is 3.20. The molecule has 0 aromatic heterocycles. The number of nitrogens with one attached hydrogen (secondary N) is 1. The molecule has 1 N–H and O–H groups in total. The van der Waals surface area contributed by atoms with Crippen molar-refractivity contribution < 1.29 is 14.3 Å². The molecule has 4 saturated carbocycles. The van der Waals surface area contributed by atoms with Gasteiger partial charge >= 0.3 is 0 Å². The van der Waals surface area contributed by atoms with Crippen LogP contribution in [-0.4, -0.2) is 31.8 Å². The number of amides is 1. The summed E-state index contributed by atoms with van der Waals surface area (Å²) in [6.45, 7) is 3.29. The van der Waals surface area contributed by atoms with Crippen molar-refractivity contribution in [1.29, 1.82) is 0 Å². The van der Waals surface area contributed by atoms with E-state index in [1.54, 1.807) is 0 Å². The predicted molar refractivity (Wildman–Crippen MR) is 101 cm³/mol. The van der Waals surface area contributed by atoms with E-state index in [2.05, 4.69) is 5.32 Å². The van der Waals surface area contributed by atoms with Crippen LogP contribution in [0.5, 0.6) is 5.75 Å². The van der Waals surface area contributed by atoms with Gasteiger partial charge in [0, 0.05) is 13.7 Å². The standard InChI is InChI=1S/C22H31NO3/c1-3-26-20-6-4-15(5-7-20)13-21(24)23-14-22(25-2)18-9-16-8-17(11-18)12-19(22)10-16/h4-7,16-19H,3,8-14H2,1-2H3,(H,23,24). The first-order chi connectivity index (χ1) is 12.6. The van der Waals surface area contributed by atoms with Crippen molar-refractivity contribution in [3.63, 3.8) is 0 Å². The molecule has 0 heterocycles. The molecule has 142 valence electrons. The summed E-state index contributed by atoms with van der Waals surface area (Å²) >= 11 is 0. The number of ether oxygens (including phenoxy) is 2. The Hall–Kier alpha value is -1.55. The molecule has 4 aliphatic rings. The molecule has 0 radical (unpaired) electrons. The number of carbonyl (C=O) groups is 1. The van der Waals surface area contributed by atoms with Crippen LogP contribution in [0.15, 0.2) is 24.3 Å². The Morgan fingerprint density at radius 3 is 2.23 bits per heavy atom. The van der Waals surface area contributed by atoms with Crippen molar-refractivity contribution >= 4 is 5.91 Å². The molecule has 4 bridgehead atoms. The van der Waals surface area contributed by atoms with E-state index in [9.17, 15) is 4.79 Å². The number of hydrogen-bond acceptors (Lipinski definition) is 3.